The third-order valence-electron chi connectivity index (χ3n) is 8.72. The fraction of sp³-hybridized carbons (Fsp3) is 0.516. The standard InChI is InChI=1S/C31H40ClN5O6S/c32-26-10-9-23(19-33)24(16-26)20-34-29(39)27-8-4-5-11-37(27)30(40)31(35-44(41,42)21-22-6-2-1-3-7-22)18-25(31)17-28(38)36-12-14-43-15-13-36/h1-3,6-7,9-10,16,25,27,35H,4-5,8,11-15,17-21,33H2,(H,34,39)/t25-,27-,31?/m0/s1. The molecule has 0 radical (unpaired) electrons. The van der Waals surface area contributed by atoms with Crippen LogP contribution in [0.1, 0.15) is 48.8 Å². The molecule has 3 amide bonds. The molecule has 44 heavy (non-hydrogen) atoms. The Morgan fingerprint density at radius 1 is 1.02 bits per heavy atom. The predicted octanol–water partition coefficient (Wildman–Crippen LogP) is 1.92. The molecule has 1 aliphatic carbocycles. The average Bonchev–Trinajstić information content (AvgIpc) is 3.71. The van der Waals surface area contributed by atoms with Gasteiger partial charge in [0, 0.05) is 44.2 Å². The van der Waals surface area contributed by atoms with Crippen molar-refractivity contribution in [3.63, 3.8) is 0 Å². The first-order valence-electron chi connectivity index (χ1n) is 15.1. The monoisotopic (exact) mass is 645 g/mol. The highest BCUT2D eigenvalue weighted by molar-refractivity contribution is 7.88. The number of nitrogens with two attached hydrogens (primary N) is 1. The zero-order chi connectivity index (χ0) is 31.3. The number of nitrogens with one attached hydrogen (secondary N) is 2. The Hall–Kier alpha value is -3.03. The Labute approximate surface area is 263 Å². The van der Waals surface area contributed by atoms with Gasteiger partial charge in [-0.3, -0.25) is 14.4 Å². The number of piperidine rings is 1. The number of halogens is 1. The van der Waals surface area contributed by atoms with E-state index in [1.807, 2.05) is 6.07 Å². The van der Waals surface area contributed by atoms with Crippen LogP contribution in [0.15, 0.2) is 48.5 Å². The molecule has 1 unspecified atom stereocenters. The van der Waals surface area contributed by atoms with Gasteiger partial charge in [0.2, 0.25) is 27.7 Å². The number of ether oxygens (including phenoxy) is 1. The molecule has 1 saturated carbocycles. The SMILES string of the molecule is NCc1ccc(Cl)cc1CNC(=O)[C@@H]1CCCCN1C(=O)C1(NS(=O)(=O)Cc2ccccc2)C[C@@H]1CC(=O)N1CCOCC1. The number of benzene rings is 2. The minimum absolute atomic E-state index is 0.0287. The van der Waals surface area contributed by atoms with E-state index in [0.717, 1.165) is 17.5 Å². The predicted molar refractivity (Wildman–Crippen MR) is 166 cm³/mol. The third-order valence-corrected chi connectivity index (χ3v) is 10.3. The van der Waals surface area contributed by atoms with Gasteiger partial charge in [-0.15, -0.1) is 0 Å². The van der Waals surface area contributed by atoms with Gasteiger partial charge in [-0.2, -0.15) is 4.72 Å². The molecule has 4 N–H and O–H groups in total. The number of amides is 3. The maximum Gasteiger partial charge on any atom is 0.244 e. The Morgan fingerprint density at radius 3 is 2.50 bits per heavy atom. The molecule has 11 nitrogen and oxygen atoms in total. The van der Waals surface area contributed by atoms with E-state index in [9.17, 15) is 22.8 Å². The zero-order valence-corrected chi connectivity index (χ0v) is 26.2. The summed E-state index contributed by atoms with van der Waals surface area (Å²) in [5.41, 5.74) is 6.59. The molecule has 2 aliphatic heterocycles. The van der Waals surface area contributed by atoms with Crippen molar-refractivity contribution in [2.75, 3.05) is 32.8 Å². The Bertz CT molecular complexity index is 1470. The molecule has 3 fully saturated rings. The summed E-state index contributed by atoms with van der Waals surface area (Å²) in [6.45, 7) is 2.59. The van der Waals surface area contributed by atoms with Crippen LogP contribution in [-0.2, 0) is 48.0 Å². The van der Waals surface area contributed by atoms with E-state index in [1.165, 1.54) is 4.90 Å². The second-order valence-corrected chi connectivity index (χ2v) is 13.9. The summed E-state index contributed by atoms with van der Waals surface area (Å²) in [6.07, 6.45) is 2.09. The lowest BCUT2D eigenvalue weighted by atomic mass is 9.98. The molecule has 2 aromatic carbocycles. The average molecular weight is 646 g/mol. The normalized spacial score (nSPS) is 23.7. The lowest BCUT2D eigenvalue weighted by molar-refractivity contribution is -0.145. The lowest BCUT2D eigenvalue weighted by Crippen LogP contribution is -2.59. The van der Waals surface area contributed by atoms with Crippen molar-refractivity contribution < 1.29 is 27.5 Å². The summed E-state index contributed by atoms with van der Waals surface area (Å²) in [4.78, 5) is 44.2. The maximum absolute atomic E-state index is 14.4. The van der Waals surface area contributed by atoms with E-state index in [2.05, 4.69) is 10.0 Å². The van der Waals surface area contributed by atoms with Crippen molar-refractivity contribution in [2.45, 2.75) is 62.5 Å². The smallest absolute Gasteiger partial charge is 0.244 e. The summed E-state index contributed by atoms with van der Waals surface area (Å²) >= 11 is 6.17. The van der Waals surface area contributed by atoms with Crippen LogP contribution >= 0.6 is 11.6 Å². The highest BCUT2D eigenvalue weighted by Gasteiger charge is 2.64. The number of hydrogen-bond donors (Lipinski definition) is 3. The van der Waals surface area contributed by atoms with Crippen LogP contribution < -0.4 is 15.8 Å². The second-order valence-electron chi connectivity index (χ2n) is 11.8. The molecule has 238 valence electrons. The second kappa shape index (κ2) is 13.9. The van der Waals surface area contributed by atoms with Gasteiger partial charge in [0.25, 0.3) is 0 Å². The molecule has 2 heterocycles. The van der Waals surface area contributed by atoms with Crippen molar-refractivity contribution in [1.29, 1.82) is 0 Å². The quantitative estimate of drug-likeness (QED) is 0.338. The number of morpholine rings is 1. The molecule has 5 rings (SSSR count). The zero-order valence-electron chi connectivity index (χ0n) is 24.7. The van der Waals surface area contributed by atoms with Gasteiger partial charge in [0.1, 0.15) is 11.6 Å². The summed E-state index contributed by atoms with van der Waals surface area (Å²) < 4.78 is 35.0. The largest absolute Gasteiger partial charge is 0.378 e. The minimum Gasteiger partial charge on any atom is -0.378 e. The number of sulfonamides is 1. The van der Waals surface area contributed by atoms with Crippen LogP contribution in [0.25, 0.3) is 0 Å². The first-order valence-corrected chi connectivity index (χ1v) is 17.1. The van der Waals surface area contributed by atoms with Gasteiger partial charge in [0.05, 0.1) is 19.0 Å². The topological polar surface area (TPSA) is 151 Å². The van der Waals surface area contributed by atoms with E-state index in [4.69, 9.17) is 22.1 Å². The van der Waals surface area contributed by atoms with Gasteiger partial charge in [-0.1, -0.05) is 48.0 Å². The van der Waals surface area contributed by atoms with Gasteiger partial charge >= 0.3 is 0 Å². The van der Waals surface area contributed by atoms with Crippen molar-refractivity contribution in [2.24, 2.45) is 11.7 Å². The van der Waals surface area contributed by atoms with Crippen LogP contribution in [0.2, 0.25) is 5.02 Å². The van der Waals surface area contributed by atoms with Crippen LogP contribution in [0.5, 0.6) is 0 Å². The molecule has 0 aromatic heterocycles. The molecule has 0 bridgehead atoms. The van der Waals surface area contributed by atoms with Gasteiger partial charge in [0.15, 0.2) is 0 Å². The summed E-state index contributed by atoms with van der Waals surface area (Å²) in [6, 6.07) is 13.3. The van der Waals surface area contributed by atoms with Crippen LogP contribution in [-0.4, -0.2) is 80.4 Å². The van der Waals surface area contributed by atoms with E-state index in [-0.39, 0.29) is 43.5 Å². The van der Waals surface area contributed by atoms with Gasteiger partial charge < -0.3 is 25.6 Å². The van der Waals surface area contributed by atoms with Crippen molar-refractivity contribution in [3.8, 4) is 0 Å². The number of rotatable bonds is 11. The first-order chi connectivity index (χ1) is 21.1. The Kier molecular flexibility index (Phi) is 10.3. The summed E-state index contributed by atoms with van der Waals surface area (Å²) in [5.74, 6) is -1.76. The van der Waals surface area contributed by atoms with E-state index >= 15 is 0 Å². The molecular formula is C31H40ClN5O6S. The van der Waals surface area contributed by atoms with Gasteiger partial charge in [-0.05, 0) is 60.4 Å². The molecule has 13 heteroatoms. The van der Waals surface area contributed by atoms with E-state index in [1.54, 1.807) is 47.4 Å². The molecule has 3 aliphatic rings. The molecule has 3 atom stereocenters. The number of carbonyl (C=O) groups is 3. The van der Waals surface area contributed by atoms with Crippen LogP contribution in [0.3, 0.4) is 0 Å². The number of hydrogen-bond acceptors (Lipinski definition) is 7. The van der Waals surface area contributed by atoms with Crippen LogP contribution in [0, 0.1) is 5.92 Å². The van der Waals surface area contributed by atoms with Gasteiger partial charge in [-0.25, -0.2) is 8.42 Å². The fourth-order valence-corrected chi connectivity index (χ4v) is 8.02. The molecular weight excluding hydrogens is 606 g/mol. The number of nitrogens with zero attached hydrogens (tertiary/aromatic N) is 2. The van der Waals surface area contributed by atoms with Crippen molar-refractivity contribution >= 4 is 39.3 Å². The molecule has 0 spiro atoms. The number of carbonyl (C=O) groups excluding carboxylic acids is 3. The highest BCUT2D eigenvalue weighted by atomic mass is 35.5. The van der Waals surface area contributed by atoms with Crippen molar-refractivity contribution in [3.05, 3.63) is 70.2 Å². The van der Waals surface area contributed by atoms with Crippen molar-refractivity contribution in [1.82, 2.24) is 19.8 Å². The first kappa shape index (κ1) is 32.4. The van der Waals surface area contributed by atoms with E-state index < -0.39 is 33.4 Å². The van der Waals surface area contributed by atoms with E-state index in [0.29, 0.717) is 56.3 Å². The fourth-order valence-electron chi connectivity index (χ4n) is 6.23. The maximum atomic E-state index is 14.4. The number of likely N-dealkylation sites (tertiary alicyclic amines) is 1. The Balaban J connectivity index is 1.35. The van der Waals surface area contributed by atoms with Crippen LogP contribution in [0.4, 0.5) is 0 Å². The third kappa shape index (κ3) is 7.60. The highest BCUT2D eigenvalue weighted by Crippen LogP contribution is 2.49. The lowest BCUT2D eigenvalue weighted by Gasteiger charge is -2.37. The molecule has 2 saturated heterocycles. The summed E-state index contributed by atoms with van der Waals surface area (Å²) in [5, 5.41) is 3.46. The summed E-state index contributed by atoms with van der Waals surface area (Å²) in [7, 11) is -3.97. The Morgan fingerprint density at radius 2 is 1.77 bits per heavy atom. The molecule has 2 aromatic rings. The minimum atomic E-state index is -3.97.